The second-order valence-electron chi connectivity index (χ2n) is 5.85. The van der Waals surface area contributed by atoms with Gasteiger partial charge in [-0.2, -0.15) is 0 Å². The molecule has 2 amide bonds. The number of hydrogen-bond acceptors (Lipinski definition) is 4. The number of rotatable bonds is 3. The highest BCUT2D eigenvalue weighted by atomic mass is 16.5. The third-order valence-corrected chi connectivity index (χ3v) is 4.29. The van der Waals surface area contributed by atoms with Crippen LogP contribution in [0.5, 0.6) is 0 Å². The van der Waals surface area contributed by atoms with Crippen molar-refractivity contribution in [1.82, 2.24) is 10.4 Å². The Balaban J connectivity index is 1.92. The van der Waals surface area contributed by atoms with Crippen molar-refractivity contribution in [2.24, 2.45) is 0 Å². The number of anilines is 1. The van der Waals surface area contributed by atoms with E-state index in [2.05, 4.69) is 17.1 Å². The molecule has 0 fully saturated rings. The van der Waals surface area contributed by atoms with E-state index >= 15 is 0 Å². The fourth-order valence-electron chi connectivity index (χ4n) is 2.92. The van der Waals surface area contributed by atoms with Crippen LogP contribution in [0, 0.1) is 0 Å². The Bertz CT molecular complexity index is 761. The van der Waals surface area contributed by atoms with Gasteiger partial charge in [0.15, 0.2) is 0 Å². The molecule has 0 radical (unpaired) electrons. The summed E-state index contributed by atoms with van der Waals surface area (Å²) in [6.45, 7) is 2.85. The number of nitrogens with zero attached hydrogens (tertiary/aromatic N) is 1. The molecule has 1 aliphatic rings. The molecule has 0 spiro atoms. The lowest BCUT2D eigenvalue weighted by Crippen LogP contribution is -2.32. The Morgan fingerprint density at radius 3 is 2.67 bits per heavy atom. The summed E-state index contributed by atoms with van der Waals surface area (Å²) in [5.41, 5.74) is 4.63. The van der Waals surface area contributed by atoms with Crippen LogP contribution in [0.25, 0.3) is 0 Å². The number of carbonyl (C=O) groups excluding carboxylic acids is 2. The molecule has 1 unspecified atom stereocenters. The van der Waals surface area contributed by atoms with E-state index in [0.717, 1.165) is 11.1 Å². The van der Waals surface area contributed by atoms with Crippen LogP contribution in [0.15, 0.2) is 48.5 Å². The van der Waals surface area contributed by atoms with Crippen molar-refractivity contribution in [3.05, 3.63) is 65.2 Å². The molecule has 124 valence electrons. The van der Waals surface area contributed by atoms with Gasteiger partial charge < -0.3 is 5.32 Å². The van der Waals surface area contributed by atoms with Gasteiger partial charge in [0.05, 0.1) is 6.54 Å². The zero-order valence-electron chi connectivity index (χ0n) is 13.3. The number of hydroxylamine groups is 1. The predicted molar refractivity (Wildman–Crippen MR) is 89.6 cm³/mol. The number of hydrogen-bond donors (Lipinski definition) is 3. The van der Waals surface area contributed by atoms with Crippen molar-refractivity contribution >= 4 is 17.5 Å². The standard InChI is InChI=1S/C18H19N3O3/c1-12(13-5-3-2-4-6-13)21-10-15-9-14(18(23)20-24)7-8-16(15)19-17(22)11-21/h2-9,12,24H,10-11H2,1H3,(H,19,22)(H,20,23). The Morgan fingerprint density at radius 2 is 1.96 bits per heavy atom. The summed E-state index contributed by atoms with van der Waals surface area (Å²) in [6, 6.07) is 15.0. The molecule has 1 atom stereocenters. The lowest BCUT2D eigenvalue weighted by Gasteiger charge is -2.27. The molecule has 3 rings (SSSR count). The summed E-state index contributed by atoms with van der Waals surface area (Å²) in [5, 5.41) is 11.7. The van der Waals surface area contributed by atoms with Crippen LogP contribution in [-0.2, 0) is 11.3 Å². The average Bonchev–Trinajstić information content (AvgIpc) is 2.78. The van der Waals surface area contributed by atoms with E-state index in [1.165, 1.54) is 0 Å². The Kier molecular flexibility index (Phi) is 4.59. The summed E-state index contributed by atoms with van der Waals surface area (Å²) in [7, 11) is 0. The van der Waals surface area contributed by atoms with E-state index in [1.54, 1.807) is 23.7 Å². The Hall–Kier alpha value is -2.70. The van der Waals surface area contributed by atoms with E-state index in [0.29, 0.717) is 17.8 Å². The van der Waals surface area contributed by atoms with Gasteiger partial charge in [-0.1, -0.05) is 30.3 Å². The SMILES string of the molecule is CC(c1ccccc1)N1CC(=O)Nc2ccc(C(=O)NO)cc2C1. The number of nitrogens with one attached hydrogen (secondary N) is 2. The van der Waals surface area contributed by atoms with Crippen LogP contribution in [0.2, 0.25) is 0 Å². The second kappa shape index (κ2) is 6.82. The van der Waals surface area contributed by atoms with Crippen molar-refractivity contribution in [3.8, 4) is 0 Å². The van der Waals surface area contributed by atoms with Gasteiger partial charge in [-0.05, 0) is 36.2 Å². The minimum Gasteiger partial charge on any atom is -0.325 e. The lowest BCUT2D eigenvalue weighted by molar-refractivity contribution is -0.117. The van der Waals surface area contributed by atoms with Gasteiger partial charge in [0, 0.05) is 23.8 Å². The van der Waals surface area contributed by atoms with Crippen LogP contribution >= 0.6 is 0 Å². The van der Waals surface area contributed by atoms with E-state index in [1.807, 2.05) is 30.3 Å². The van der Waals surface area contributed by atoms with Crippen LogP contribution in [0.3, 0.4) is 0 Å². The minimum atomic E-state index is -0.573. The first kappa shape index (κ1) is 16.2. The van der Waals surface area contributed by atoms with Gasteiger partial charge in [0.25, 0.3) is 5.91 Å². The summed E-state index contributed by atoms with van der Waals surface area (Å²) in [5.74, 6) is -0.660. The molecule has 0 saturated carbocycles. The molecule has 2 aromatic carbocycles. The number of benzene rings is 2. The molecule has 1 aliphatic heterocycles. The van der Waals surface area contributed by atoms with Crippen LogP contribution in [0.1, 0.15) is 34.5 Å². The summed E-state index contributed by atoms with van der Waals surface area (Å²) in [4.78, 5) is 25.9. The fraction of sp³-hybridized carbons (Fsp3) is 0.222. The molecular formula is C18H19N3O3. The number of fused-ring (bicyclic) bond motifs is 1. The summed E-state index contributed by atoms with van der Waals surface area (Å²) < 4.78 is 0. The quantitative estimate of drug-likeness (QED) is 0.597. The molecule has 24 heavy (non-hydrogen) atoms. The van der Waals surface area contributed by atoms with Crippen LogP contribution in [0.4, 0.5) is 5.69 Å². The first-order valence-electron chi connectivity index (χ1n) is 7.74. The normalized spacial score (nSPS) is 15.8. The first-order valence-corrected chi connectivity index (χ1v) is 7.74. The smallest absolute Gasteiger partial charge is 0.274 e. The maximum absolute atomic E-state index is 12.2. The molecule has 3 N–H and O–H groups in total. The van der Waals surface area contributed by atoms with Gasteiger partial charge in [-0.3, -0.25) is 19.7 Å². The zero-order valence-corrected chi connectivity index (χ0v) is 13.3. The third kappa shape index (κ3) is 3.29. The van der Waals surface area contributed by atoms with Gasteiger partial charge in [-0.25, -0.2) is 5.48 Å². The highest BCUT2D eigenvalue weighted by Crippen LogP contribution is 2.28. The van der Waals surface area contributed by atoms with E-state index in [9.17, 15) is 9.59 Å². The first-order chi connectivity index (χ1) is 11.6. The van der Waals surface area contributed by atoms with Gasteiger partial charge in [0.1, 0.15) is 0 Å². The zero-order chi connectivity index (χ0) is 17.1. The van der Waals surface area contributed by atoms with Crippen molar-refractivity contribution < 1.29 is 14.8 Å². The fourth-order valence-corrected chi connectivity index (χ4v) is 2.92. The van der Waals surface area contributed by atoms with Crippen LogP contribution < -0.4 is 10.8 Å². The molecule has 2 aromatic rings. The molecule has 1 heterocycles. The molecule has 0 saturated heterocycles. The molecular weight excluding hydrogens is 306 g/mol. The highest BCUT2D eigenvalue weighted by molar-refractivity contribution is 5.97. The average molecular weight is 325 g/mol. The summed E-state index contributed by atoms with van der Waals surface area (Å²) in [6.07, 6.45) is 0. The van der Waals surface area contributed by atoms with E-state index in [4.69, 9.17) is 5.21 Å². The van der Waals surface area contributed by atoms with E-state index < -0.39 is 5.91 Å². The largest absolute Gasteiger partial charge is 0.325 e. The van der Waals surface area contributed by atoms with Gasteiger partial charge in [-0.15, -0.1) is 0 Å². The van der Waals surface area contributed by atoms with Crippen molar-refractivity contribution in [2.45, 2.75) is 19.5 Å². The van der Waals surface area contributed by atoms with Crippen molar-refractivity contribution in [3.63, 3.8) is 0 Å². The Labute approximate surface area is 140 Å². The van der Waals surface area contributed by atoms with Gasteiger partial charge >= 0.3 is 0 Å². The number of amides is 2. The molecule has 0 aromatic heterocycles. The Morgan fingerprint density at radius 1 is 1.21 bits per heavy atom. The second-order valence-corrected chi connectivity index (χ2v) is 5.85. The van der Waals surface area contributed by atoms with Crippen molar-refractivity contribution in [2.75, 3.05) is 11.9 Å². The van der Waals surface area contributed by atoms with Crippen LogP contribution in [-0.4, -0.2) is 28.5 Å². The molecule has 0 bridgehead atoms. The number of carbonyl (C=O) groups is 2. The molecule has 6 nitrogen and oxygen atoms in total. The predicted octanol–water partition coefficient (Wildman–Crippen LogP) is 2.32. The minimum absolute atomic E-state index is 0.0539. The van der Waals surface area contributed by atoms with Crippen molar-refractivity contribution in [1.29, 1.82) is 0 Å². The monoisotopic (exact) mass is 325 g/mol. The van der Waals surface area contributed by atoms with E-state index in [-0.39, 0.29) is 18.5 Å². The van der Waals surface area contributed by atoms with Gasteiger partial charge in [0.2, 0.25) is 5.91 Å². The maximum atomic E-state index is 12.2. The topological polar surface area (TPSA) is 81.7 Å². The lowest BCUT2D eigenvalue weighted by atomic mass is 10.0. The summed E-state index contributed by atoms with van der Waals surface area (Å²) >= 11 is 0. The third-order valence-electron chi connectivity index (χ3n) is 4.29. The molecule has 0 aliphatic carbocycles. The highest BCUT2D eigenvalue weighted by Gasteiger charge is 2.24. The maximum Gasteiger partial charge on any atom is 0.274 e. The molecule has 6 heteroatoms.